The van der Waals surface area contributed by atoms with E-state index in [9.17, 15) is 14.5 Å². The van der Waals surface area contributed by atoms with Gasteiger partial charge < -0.3 is 19.3 Å². The predicted molar refractivity (Wildman–Crippen MR) is 99.5 cm³/mol. The summed E-state index contributed by atoms with van der Waals surface area (Å²) in [5, 5.41) is 10.2. The zero-order valence-corrected chi connectivity index (χ0v) is 17.2. The minimum absolute atomic E-state index is 0.0170. The van der Waals surface area contributed by atoms with Crippen molar-refractivity contribution >= 4 is 17.5 Å². The Morgan fingerprint density at radius 2 is 1.80 bits per heavy atom. The van der Waals surface area contributed by atoms with Crippen LogP contribution in [0.4, 0.5) is 4.79 Å². The second kappa shape index (κ2) is 7.25. The van der Waals surface area contributed by atoms with Crippen molar-refractivity contribution in [1.29, 1.82) is 0 Å². The maximum Gasteiger partial charge on any atom is 0.410 e. The molecule has 7 heteroatoms. The van der Waals surface area contributed by atoms with Gasteiger partial charge in [0.1, 0.15) is 10.3 Å². The normalized spacial score (nSPS) is 28.2. The zero-order chi connectivity index (χ0) is 19.0. The van der Waals surface area contributed by atoms with E-state index in [0.717, 1.165) is 12.8 Å². The molecule has 0 aromatic rings. The minimum Gasteiger partial charge on any atom is -0.598 e. The molecular formula is C18H34N2O4S. The second-order valence-corrected chi connectivity index (χ2v) is 11.5. The molecule has 1 spiro atoms. The number of piperidine rings is 1. The van der Waals surface area contributed by atoms with E-state index >= 15 is 0 Å². The number of aliphatic hydroxyl groups is 1. The number of nitrogens with one attached hydrogen (secondary N) is 1. The van der Waals surface area contributed by atoms with Crippen LogP contribution >= 0.6 is 0 Å². The number of nitrogens with zero attached hydrogens (tertiary/aromatic N) is 1. The molecule has 0 aromatic carbocycles. The van der Waals surface area contributed by atoms with Crippen LogP contribution in [0.25, 0.3) is 0 Å². The fourth-order valence-corrected chi connectivity index (χ4v) is 4.67. The van der Waals surface area contributed by atoms with Crippen LogP contribution in [0, 0.1) is 5.41 Å². The molecule has 146 valence electrons. The summed E-state index contributed by atoms with van der Waals surface area (Å²) in [6.45, 7) is 12.7. The van der Waals surface area contributed by atoms with Crippen molar-refractivity contribution in [2.75, 3.05) is 13.1 Å². The first-order valence-electron chi connectivity index (χ1n) is 9.16. The van der Waals surface area contributed by atoms with Gasteiger partial charge in [0.25, 0.3) is 0 Å². The molecule has 2 N–H and O–H groups in total. The van der Waals surface area contributed by atoms with Crippen LogP contribution in [0.1, 0.15) is 67.2 Å². The molecule has 0 unspecified atom stereocenters. The third-order valence-electron chi connectivity index (χ3n) is 5.11. The summed E-state index contributed by atoms with van der Waals surface area (Å²) in [6.07, 6.45) is 2.26. The number of aliphatic hydroxyl groups excluding tert-OH is 1. The largest absolute Gasteiger partial charge is 0.598 e. The van der Waals surface area contributed by atoms with Crippen molar-refractivity contribution < 1.29 is 19.2 Å². The molecular weight excluding hydrogens is 340 g/mol. The Balaban J connectivity index is 2.00. The summed E-state index contributed by atoms with van der Waals surface area (Å²) >= 11 is -1.17. The third kappa shape index (κ3) is 5.25. The van der Waals surface area contributed by atoms with Gasteiger partial charge in [-0.1, -0.05) is 0 Å². The number of rotatable bonds is 2. The molecule has 2 fully saturated rings. The maximum atomic E-state index is 12.5. The Hall–Kier alpha value is -0.500. The summed E-state index contributed by atoms with van der Waals surface area (Å²) in [4.78, 5) is 14.0. The first-order valence-corrected chi connectivity index (χ1v) is 10.3. The molecule has 1 aliphatic carbocycles. The molecule has 1 aliphatic heterocycles. The summed E-state index contributed by atoms with van der Waals surface area (Å²) in [5.74, 6) is 0. The standard InChI is InChI=1S/C18H34N2O4S/c1-16(2,3)24-15(22)20-9-7-18(8-10-20)12-13(21)11-14(18)19-25(23)17(4,5)6/h13-14,19,21H,7-12H2,1-6H3/t13-,14-,25-/m1/s1. The van der Waals surface area contributed by atoms with Crippen LogP contribution in [-0.4, -0.2) is 56.2 Å². The van der Waals surface area contributed by atoms with Crippen LogP contribution in [0.2, 0.25) is 0 Å². The van der Waals surface area contributed by atoms with E-state index in [1.807, 2.05) is 41.5 Å². The summed E-state index contributed by atoms with van der Waals surface area (Å²) in [6, 6.07) is 0.0170. The molecule has 0 bridgehead atoms. The van der Waals surface area contributed by atoms with E-state index in [-0.39, 0.29) is 28.4 Å². The van der Waals surface area contributed by atoms with E-state index < -0.39 is 17.0 Å². The Morgan fingerprint density at radius 1 is 1.24 bits per heavy atom. The smallest absolute Gasteiger partial charge is 0.410 e. The first kappa shape index (κ1) is 20.8. The number of ether oxygens (including phenoxy) is 1. The van der Waals surface area contributed by atoms with Crippen molar-refractivity contribution in [1.82, 2.24) is 9.62 Å². The SMILES string of the molecule is CC(C)(C)OC(=O)N1CCC2(CC1)C[C@H](O)C[C@H]2N[S@+]([O-])C(C)(C)C. The van der Waals surface area contributed by atoms with E-state index in [1.54, 1.807) is 4.90 Å². The Morgan fingerprint density at radius 3 is 2.28 bits per heavy atom. The van der Waals surface area contributed by atoms with Crippen LogP contribution in [-0.2, 0) is 16.1 Å². The molecule has 1 heterocycles. The highest BCUT2D eigenvalue weighted by atomic mass is 32.2. The van der Waals surface area contributed by atoms with Crippen LogP contribution in [0.5, 0.6) is 0 Å². The molecule has 6 nitrogen and oxygen atoms in total. The fraction of sp³-hybridized carbons (Fsp3) is 0.944. The molecule has 1 saturated carbocycles. The van der Waals surface area contributed by atoms with E-state index in [0.29, 0.717) is 25.9 Å². The number of amides is 1. The Kier molecular flexibility index (Phi) is 6.04. The summed E-state index contributed by atoms with van der Waals surface area (Å²) in [5.41, 5.74) is -0.595. The van der Waals surface area contributed by atoms with Crippen LogP contribution in [0.3, 0.4) is 0 Å². The lowest BCUT2D eigenvalue weighted by atomic mass is 9.74. The van der Waals surface area contributed by atoms with Gasteiger partial charge in [-0.3, -0.25) is 0 Å². The molecule has 2 aliphatic rings. The van der Waals surface area contributed by atoms with Gasteiger partial charge in [-0.05, 0) is 72.6 Å². The van der Waals surface area contributed by atoms with Gasteiger partial charge in [-0.2, -0.15) is 0 Å². The highest BCUT2D eigenvalue weighted by molar-refractivity contribution is 7.90. The monoisotopic (exact) mass is 374 g/mol. The van der Waals surface area contributed by atoms with E-state index in [1.165, 1.54) is 0 Å². The molecule has 0 aromatic heterocycles. The van der Waals surface area contributed by atoms with Crippen molar-refractivity contribution in [2.45, 2.75) is 89.7 Å². The van der Waals surface area contributed by atoms with E-state index in [2.05, 4.69) is 4.72 Å². The van der Waals surface area contributed by atoms with Gasteiger partial charge in [0.05, 0.1) is 12.1 Å². The molecule has 1 saturated heterocycles. The number of hydrogen-bond acceptors (Lipinski definition) is 5. The summed E-state index contributed by atoms with van der Waals surface area (Å²) < 4.78 is 20.9. The lowest BCUT2D eigenvalue weighted by Gasteiger charge is -2.43. The summed E-state index contributed by atoms with van der Waals surface area (Å²) in [7, 11) is 0. The lowest BCUT2D eigenvalue weighted by Crippen LogP contribution is -2.54. The number of likely N-dealkylation sites (tertiary alicyclic amines) is 1. The second-order valence-electron chi connectivity index (χ2n) is 9.47. The average molecular weight is 375 g/mol. The number of hydrogen-bond donors (Lipinski definition) is 2. The van der Waals surface area contributed by atoms with Gasteiger partial charge in [0, 0.05) is 24.5 Å². The van der Waals surface area contributed by atoms with Crippen LogP contribution in [0.15, 0.2) is 0 Å². The number of carbonyl (C=O) groups is 1. The predicted octanol–water partition coefficient (Wildman–Crippen LogP) is 2.58. The minimum atomic E-state index is -1.17. The van der Waals surface area contributed by atoms with E-state index in [4.69, 9.17) is 4.74 Å². The van der Waals surface area contributed by atoms with Crippen LogP contribution < -0.4 is 4.72 Å². The topological polar surface area (TPSA) is 84.9 Å². The maximum absolute atomic E-state index is 12.5. The molecule has 3 atom stereocenters. The highest BCUT2D eigenvalue weighted by Gasteiger charge is 2.51. The zero-order valence-electron chi connectivity index (χ0n) is 16.4. The molecule has 25 heavy (non-hydrogen) atoms. The van der Waals surface area contributed by atoms with Gasteiger partial charge in [0.15, 0.2) is 0 Å². The van der Waals surface area contributed by atoms with Gasteiger partial charge in [0.2, 0.25) is 0 Å². The van der Waals surface area contributed by atoms with Gasteiger partial charge >= 0.3 is 6.09 Å². The quantitative estimate of drug-likeness (QED) is 0.726. The first-order chi connectivity index (χ1) is 11.3. The number of carbonyl (C=O) groups excluding carboxylic acids is 1. The lowest BCUT2D eigenvalue weighted by molar-refractivity contribution is 0.00686. The van der Waals surface area contributed by atoms with Gasteiger partial charge in [-0.15, -0.1) is 4.72 Å². The Bertz CT molecular complexity index is 478. The van der Waals surface area contributed by atoms with Gasteiger partial charge in [-0.25, -0.2) is 4.79 Å². The molecule has 2 rings (SSSR count). The molecule has 1 amide bonds. The average Bonchev–Trinajstić information content (AvgIpc) is 2.72. The fourth-order valence-electron chi connectivity index (χ4n) is 3.71. The van der Waals surface area contributed by atoms with Crippen molar-refractivity contribution in [2.24, 2.45) is 5.41 Å². The van der Waals surface area contributed by atoms with Crippen molar-refractivity contribution in [3.05, 3.63) is 0 Å². The Labute approximate surface area is 155 Å². The molecule has 0 radical (unpaired) electrons. The van der Waals surface area contributed by atoms with Crippen molar-refractivity contribution in [3.63, 3.8) is 0 Å². The third-order valence-corrected chi connectivity index (χ3v) is 6.72. The highest BCUT2D eigenvalue weighted by Crippen LogP contribution is 2.47. The van der Waals surface area contributed by atoms with Crippen molar-refractivity contribution in [3.8, 4) is 0 Å².